The Morgan fingerprint density at radius 3 is 2.61 bits per heavy atom. The van der Waals surface area contributed by atoms with E-state index in [1.807, 2.05) is 11.8 Å². The molecule has 2 nitrogen and oxygen atoms in total. The minimum Gasteiger partial charge on any atom is -0.338 e. The van der Waals surface area contributed by atoms with Gasteiger partial charge in [0.05, 0.1) is 10.7 Å². The number of fused-ring (bicyclic) bond motifs is 2. The Balaban J connectivity index is 1.84. The molecule has 2 aromatic carbocycles. The second-order valence-electron chi connectivity index (χ2n) is 5.94. The molecule has 0 saturated heterocycles. The van der Waals surface area contributed by atoms with Gasteiger partial charge < -0.3 is 4.90 Å². The first-order valence-corrected chi connectivity index (χ1v) is 8.57. The standard InChI is InChI=1S/C20H19N2S/c1-14-12-15(21(2)17-9-5-4-8-16(14)17)13-20-22(3)18-10-6-7-11-19(18)23-20/h4-13H,1-3H3/q+1. The van der Waals surface area contributed by atoms with E-state index in [9.17, 15) is 0 Å². The zero-order valence-corrected chi connectivity index (χ0v) is 14.4. The fourth-order valence-electron chi connectivity index (χ4n) is 3.15. The number of hydrogen-bond acceptors (Lipinski definition) is 2. The summed E-state index contributed by atoms with van der Waals surface area (Å²) in [7, 11) is 4.28. The zero-order valence-electron chi connectivity index (χ0n) is 13.6. The highest BCUT2D eigenvalue weighted by molar-refractivity contribution is 8.03. The second-order valence-corrected chi connectivity index (χ2v) is 7.00. The van der Waals surface area contributed by atoms with Crippen molar-refractivity contribution in [2.24, 2.45) is 7.05 Å². The molecule has 3 heteroatoms. The van der Waals surface area contributed by atoms with E-state index in [0.29, 0.717) is 0 Å². The quantitative estimate of drug-likeness (QED) is 0.609. The van der Waals surface area contributed by atoms with Gasteiger partial charge in [0.25, 0.3) is 0 Å². The summed E-state index contributed by atoms with van der Waals surface area (Å²) in [4.78, 5) is 3.59. The van der Waals surface area contributed by atoms with Crippen LogP contribution in [0.1, 0.15) is 11.3 Å². The Hall–Kier alpha value is -2.26. The molecule has 4 rings (SSSR count). The van der Waals surface area contributed by atoms with Crippen LogP contribution in [-0.2, 0) is 7.05 Å². The number of rotatable bonds is 1. The average Bonchev–Trinajstić information content (AvgIpc) is 2.89. The Morgan fingerprint density at radius 1 is 1.04 bits per heavy atom. The van der Waals surface area contributed by atoms with Gasteiger partial charge in [-0.3, -0.25) is 0 Å². The molecule has 3 aromatic rings. The molecule has 0 saturated carbocycles. The molecule has 1 aromatic heterocycles. The summed E-state index contributed by atoms with van der Waals surface area (Å²) >= 11 is 1.83. The van der Waals surface area contributed by atoms with E-state index in [-0.39, 0.29) is 0 Å². The molecule has 0 radical (unpaired) electrons. The number of para-hydroxylation sites is 2. The minimum absolute atomic E-state index is 1.23. The highest BCUT2D eigenvalue weighted by Gasteiger charge is 2.23. The third-order valence-electron chi connectivity index (χ3n) is 4.49. The van der Waals surface area contributed by atoms with Crippen LogP contribution in [0.2, 0.25) is 0 Å². The minimum atomic E-state index is 1.23. The van der Waals surface area contributed by atoms with E-state index in [2.05, 4.69) is 91.2 Å². The van der Waals surface area contributed by atoms with Gasteiger partial charge in [-0.15, -0.1) is 0 Å². The van der Waals surface area contributed by atoms with Gasteiger partial charge in [0.2, 0.25) is 11.2 Å². The highest BCUT2D eigenvalue weighted by Crippen LogP contribution is 2.45. The SMILES string of the molecule is Cc1cc(/C=C2\Sc3ccccc3N2C)[n+](C)c2ccccc12. The summed E-state index contributed by atoms with van der Waals surface area (Å²) in [5.41, 5.74) is 5.09. The first-order chi connectivity index (χ1) is 11.1. The molecule has 2 heterocycles. The Bertz CT molecular complexity index is 944. The maximum atomic E-state index is 2.28. The molecule has 0 bridgehead atoms. The molecule has 0 atom stereocenters. The predicted octanol–water partition coefficient (Wildman–Crippen LogP) is 4.51. The third-order valence-corrected chi connectivity index (χ3v) is 5.65. The maximum absolute atomic E-state index is 2.28. The average molecular weight is 319 g/mol. The predicted molar refractivity (Wildman–Crippen MR) is 98.5 cm³/mol. The van der Waals surface area contributed by atoms with Crippen molar-refractivity contribution in [2.45, 2.75) is 11.8 Å². The molecule has 114 valence electrons. The van der Waals surface area contributed by atoms with Crippen molar-refractivity contribution in [1.29, 1.82) is 0 Å². The molecule has 0 fully saturated rings. The van der Waals surface area contributed by atoms with Crippen LogP contribution in [0.3, 0.4) is 0 Å². The van der Waals surface area contributed by atoms with Crippen molar-refractivity contribution < 1.29 is 4.57 Å². The normalized spacial score (nSPS) is 15.4. The summed E-state index contributed by atoms with van der Waals surface area (Å²) < 4.78 is 2.27. The lowest BCUT2D eigenvalue weighted by Gasteiger charge is -2.13. The van der Waals surface area contributed by atoms with Crippen LogP contribution in [0.25, 0.3) is 17.0 Å². The van der Waals surface area contributed by atoms with Crippen LogP contribution in [0, 0.1) is 6.92 Å². The van der Waals surface area contributed by atoms with Crippen LogP contribution >= 0.6 is 11.8 Å². The fraction of sp³-hybridized carbons (Fsp3) is 0.150. The van der Waals surface area contributed by atoms with E-state index < -0.39 is 0 Å². The number of anilines is 1. The number of thioether (sulfide) groups is 1. The lowest BCUT2D eigenvalue weighted by Crippen LogP contribution is -2.33. The molecule has 0 N–H and O–H groups in total. The van der Waals surface area contributed by atoms with E-state index >= 15 is 0 Å². The van der Waals surface area contributed by atoms with Crippen LogP contribution in [0.4, 0.5) is 5.69 Å². The van der Waals surface area contributed by atoms with Gasteiger partial charge in [-0.05, 0) is 30.7 Å². The molecule has 0 unspecified atom stereocenters. The van der Waals surface area contributed by atoms with Gasteiger partial charge in [0.1, 0.15) is 7.05 Å². The summed E-state index contributed by atoms with van der Waals surface area (Å²) in [5.74, 6) is 0. The smallest absolute Gasteiger partial charge is 0.212 e. The highest BCUT2D eigenvalue weighted by atomic mass is 32.2. The number of hydrogen-bond donors (Lipinski definition) is 0. The largest absolute Gasteiger partial charge is 0.338 e. The molecule has 23 heavy (non-hydrogen) atoms. The first kappa shape index (κ1) is 14.3. The molecule has 0 spiro atoms. The Kier molecular flexibility index (Phi) is 3.38. The molecular weight excluding hydrogens is 300 g/mol. The van der Waals surface area contributed by atoms with Crippen molar-refractivity contribution in [3.8, 4) is 0 Å². The van der Waals surface area contributed by atoms with Crippen LogP contribution in [0.5, 0.6) is 0 Å². The third kappa shape index (κ3) is 2.32. The van der Waals surface area contributed by atoms with Gasteiger partial charge >= 0.3 is 0 Å². The zero-order chi connectivity index (χ0) is 16.0. The first-order valence-electron chi connectivity index (χ1n) is 7.76. The second kappa shape index (κ2) is 5.43. The fourth-order valence-corrected chi connectivity index (χ4v) is 4.24. The van der Waals surface area contributed by atoms with Crippen LogP contribution < -0.4 is 9.47 Å². The summed E-state index contributed by atoms with van der Waals surface area (Å²) in [6.45, 7) is 2.19. The molecule has 0 aliphatic carbocycles. The monoisotopic (exact) mass is 319 g/mol. The molecule has 1 aliphatic rings. The van der Waals surface area contributed by atoms with Crippen molar-refractivity contribution in [3.05, 3.63) is 70.9 Å². The van der Waals surface area contributed by atoms with E-state index in [4.69, 9.17) is 0 Å². The number of benzene rings is 2. The molecule has 0 amide bonds. The Labute approximate surface area is 141 Å². The van der Waals surface area contributed by atoms with Gasteiger partial charge in [0, 0.05) is 35.5 Å². The van der Waals surface area contributed by atoms with Gasteiger partial charge in [-0.1, -0.05) is 36.0 Å². The maximum Gasteiger partial charge on any atom is 0.212 e. The number of aryl methyl sites for hydroxylation is 2. The van der Waals surface area contributed by atoms with Crippen LogP contribution in [0.15, 0.2) is 64.5 Å². The number of pyridine rings is 1. The number of aromatic nitrogens is 1. The van der Waals surface area contributed by atoms with Crippen molar-refractivity contribution in [2.75, 3.05) is 11.9 Å². The lowest BCUT2D eigenvalue weighted by atomic mass is 10.1. The van der Waals surface area contributed by atoms with E-state index in [0.717, 1.165) is 0 Å². The van der Waals surface area contributed by atoms with Crippen molar-refractivity contribution in [1.82, 2.24) is 0 Å². The summed E-state index contributed by atoms with van der Waals surface area (Å²) in [6.07, 6.45) is 2.28. The van der Waals surface area contributed by atoms with Gasteiger partial charge in [-0.25, -0.2) is 0 Å². The topological polar surface area (TPSA) is 7.12 Å². The van der Waals surface area contributed by atoms with Crippen molar-refractivity contribution >= 4 is 34.4 Å². The van der Waals surface area contributed by atoms with Gasteiger partial charge in [-0.2, -0.15) is 4.57 Å². The van der Waals surface area contributed by atoms with Crippen LogP contribution in [-0.4, -0.2) is 7.05 Å². The lowest BCUT2D eigenvalue weighted by molar-refractivity contribution is -0.646. The summed E-state index contributed by atoms with van der Waals surface area (Å²) in [5, 5.41) is 2.57. The molecular formula is C20H19N2S+. The number of nitrogens with zero attached hydrogens (tertiary/aromatic N) is 2. The summed E-state index contributed by atoms with van der Waals surface area (Å²) in [6, 6.07) is 19.4. The molecule has 1 aliphatic heterocycles. The Morgan fingerprint density at radius 2 is 1.78 bits per heavy atom. The van der Waals surface area contributed by atoms with Gasteiger partial charge in [0.15, 0.2) is 0 Å². The van der Waals surface area contributed by atoms with E-state index in [1.165, 1.54) is 37.8 Å². The van der Waals surface area contributed by atoms with E-state index in [1.54, 1.807) is 0 Å². The van der Waals surface area contributed by atoms with Crippen molar-refractivity contribution in [3.63, 3.8) is 0 Å².